The number of aryl methyl sites for hydroxylation is 3. The van der Waals surface area contributed by atoms with Crippen LogP contribution in [0.4, 0.5) is 0 Å². The molecular formula is C17H19N3O2S. The first-order valence-electron chi connectivity index (χ1n) is 7.37. The molecule has 120 valence electrons. The van der Waals surface area contributed by atoms with Gasteiger partial charge >= 0.3 is 0 Å². The van der Waals surface area contributed by atoms with E-state index in [9.17, 15) is 8.42 Å². The summed E-state index contributed by atoms with van der Waals surface area (Å²) >= 11 is 0. The molecule has 0 radical (unpaired) electrons. The summed E-state index contributed by atoms with van der Waals surface area (Å²) in [5.74, 6) is 0.841. The minimum absolute atomic E-state index is 0.239. The van der Waals surface area contributed by atoms with Gasteiger partial charge in [0.25, 0.3) is 0 Å². The highest BCUT2D eigenvalue weighted by Gasteiger charge is 2.14. The second kappa shape index (κ2) is 5.79. The second-order valence-electron chi connectivity index (χ2n) is 5.74. The summed E-state index contributed by atoms with van der Waals surface area (Å²) in [6.07, 6.45) is 0. The lowest BCUT2D eigenvalue weighted by atomic mass is 10.1. The van der Waals surface area contributed by atoms with Crippen LogP contribution in [0.2, 0.25) is 0 Å². The lowest BCUT2D eigenvalue weighted by Crippen LogP contribution is -2.23. The van der Waals surface area contributed by atoms with E-state index in [1.807, 2.05) is 45.0 Å². The summed E-state index contributed by atoms with van der Waals surface area (Å²) in [5.41, 5.74) is 4.70. The average Bonchev–Trinajstić information content (AvgIpc) is 2.87. The number of imidazole rings is 1. The van der Waals surface area contributed by atoms with Gasteiger partial charge in [-0.2, -0.15) is 0 Å². The van der Waals surface area contributed by atoms with Gasteiger partial charge in [-0.1, -0.05) is 12.1 Å². The first kappa shape index (κ1) is 15.7. The zero-order valence-electron chi connectivity index (χ0n) is 13.3. The predicted molar refractivity (Wildman–Crippen MR) is 90.8 cm³/mol. The zero-order chi connectivity index (χ0) is 16.6. The van der Waals surface area contributed by atoms with Crippen molar-refractivity contribution >= 4 is 21.1 Å². The van der Waals surface area contributed by atoms with Crippen molar-refractivity contribution in [1.82, 2.24) is 14.7 Å². The quantitative estimate of drug-likeness (QED) is 0.773. The highest BCUT2D eigenvalue weighted by molar-refractivity contribution is 7.89. The maximum absolute atomic E-state index is 12.4. The van der Waals surface area contributed by atoms with Crippen molar-refractivity contribution in [2.24, 2.45) is 0 Å². The molecule has 3 rings (SSSR count). The van der Waals surface area contributed by atoms with Gasteiger partial charge in [0.15, 0.2) is 0 Å². The third kappa shape index (κ3) is 3.28. The van der Waals surface area contributed by atoms with Gasteiger partial charge in [-0.25, -0.2) is 18.1 Å². The van der Waals surface area contributed by atoms with E-state index in [1.54, 1.807) is 12.1 Å². The van der Waals surface area contributed by atoms with Gasteiger partial charge in [0.2, 0.25) is 10.0 Å². The van der Waals surface area contributed by atoms with Gasteiger partial charge in [0, 0.05) is 6.54 Å². The lowest BCUT2D eigenvalue weighted by Gasteiger charge is -2.09. The summed E-state index contributed by atoms with van der Waals surface area (Å²) < 4.78 is 27.5. The molecule has 0 aliphatic rings. The van der Waals surface area contributed by atoms with Crippen molar-refractivity contribution in [3.05, 3.63) is 58.9 Å². The number of hydrogen-bond acceptors (Lipinski definition) is 3. The van der Waals surface area contributed by atoms with Crippen LogP contribution in [0.5, 0.6) is 0 Å². The number of rotatable bonds is 4. The SMILES string of the molecule is Cc1nc2ccc(CNS(=O)(=O)c3ccc(C)c(C)c3)cc2[nH]1. The molecule has 0 unspecified atom stereocenters. The van der Waals surface area contributed by atoms with Crippen LogP contribution >= 0.6 is 0 Å². The van der Waals surface area contributed by atoms with Crippen molar-refractivity contribution < 1.29 is 8.42 Å². The number of benzene rings is 2. The number of nitrogens with one attached hydrogen (secondary N) is 2. The summed E-state index contributed by atoms with van der Waals surface area (Å²) in [7, 11) is -3.52. The summed E-state index contributed by atoms with van der Waals surface area (Å²) in [6.45, 7) is 6.00. The Morgan fingerprint density at radius 3 is 2.57 bits per heavy atom. The minimum Gasteiger partial charge on any atom is -0.342 e. The van der Waals surface area contributed by atoms with Crippen molar-refractivity contribution in [3.8, 4) is 0 Å². The number of aromatic nitrogens is 2. The van der Waals surface area contributed by atoms with E-state index in [4.69, 9.17) is 0 Å². The van der Waals surface area contributed by atoms with Crippen LogP contribution in [0.3, 0.4) is 0 Å². The Kier molecular flexibility index (Phi) is 3.95. The molecular weight excluding hydrogens is 310 g/mol. The van der Waals surface area contributed by atoms with Gasteiger partial charge in [-0.05, 0) is 61.7 Å². The number of H-pyrrole nitrogens is 1. The highest BCUT2D eigenvalue weighted by Crippen LogP contribution is 2.16. The Bertz CT molecular complexity index is 975. The number of aromatic amines is 1. The predicted octanol–water partition coefficient (Wildman–Crippen LogP) is 2.97. The number of nitrogens with zero attached hydrogens (tertiary/aromatic N) is 1. The van der Waals surface area contributed by atoms with Gasteiger partial charge in [-0.15, -0.1) is 0 Å². The Hall–Kier alpha value is -2.18. The normalized spacial score (nSPS) is 12.0. The first-order valence-corrected chi connectivity index (χ1v) is 8.86. The van der Waals surface area contributed by atoms with E-state index in [1.165, 1.54) is 0 Å². The molecule has 0 bridgehead atoms. The molecule has 2 N–H and O–H groups in total. The Labute approximate surface area is 135 Å². The monoisotopic (exact) mass is 329 g/mol. The lowest BCUT2D eigenvalue weighted by molar-refractivity contribution is 0.581. The van der Waals surface area contributed by atoms with Crippen LogP contribution in [-0.2, 0) is 16.6 Å². The fourth-order valence-electron chi connectivity index (χ4n) is 2.44. The largest absolute Gasteiger partial charge is 0.342 e. The van der Waals surface area contributed by atoms with Crippen molar-refractivity contribution in [2.45, 2.75) is 32.2 Å². The van der Waals surface area contributed by atoms with E-state index in [0.29, 0.717) is 4.90 Å². The molecule has 0 saturated heterocycles. The molecule has 0 aliphatic heterocycles. The van der Waals surface area contributed by atoms with Gasteiger partial charge in [-0.3, -0.25) is 0 Å². The molecule has 0 amide bonds. The maximum Gasteiger partial charge on any atom is 0.240 e. The molecule has 2 aromatic carbocycles. The van der Waals surface area contributed by atoms with Crippen LogP contribution in [0.1, 0.15) is 22.5 Å². The molecule has 6 heteroatoms. The van der Waals surface area contributed by atoms with Crippen molar-refractivity contribution in [3.63, 3.8) is 0 Å². The fourth-order valence-corrected chi connectivity index (χ4v) is 3.54. The van der Waals surface area contributed by atoms with E-state index in [-0.39, 0.29) is 6.54 Å². The zero-order valence-corrected chi connectivity index (χ0v) is 14.2. The van der Waals surface area contributed by atoms with Gasteiger partial charge in [0.05, 0.1) is 15.9 Å². The van der Waals surface area contributed by atoms with Crippen molar-refractivity contribution in [1.29, 1.82) is 0 Å². The van der Waals surface area contributed by atoms with E-state index in [0.717, 1.165) is 33.5 Å². The summed E-state index contributed by atoms with van der Waals surface area (Å²) in [5, 5.41) is 0. The molecule has 0 saturated carbocycles. The summed E-state index contributed by atoms with van der Waals surface area (Å²) in [6, 6.07) is 10.8. The Morgan fingerprint density at radius 1 is 1.04 bits per heavy atom. The summed E-state index contributed by atoms with van der Waals surface area (Å²) in [4.78, 5) is 7.78. The van der Waals surface area contributed by atoms with E-state index < -0.39 is 10.0 Å². The molecule has 0 aliphatic carbocycles. The molecule has 3 aromatic rings. The van der Waals surface area contributed by atoms with Gasteiger partial charge in [0.1, 0.15) is 5.82 Å². The van der Waals surface area contributed by atoms with Crippen LogP contribution in [0, 0.1) is 20.8 Å². The minimum atomic E-state index is -3.52. The topological polar surface area (TPSA) is 74.8 Å². The number of sulfonamides is 1. The second-order valence-corrected chi connectivity index (χ2v) is 7.51. The smallest absolute Gasteiger partial charge is 0.240 e. The number of hydrogen-bond donors (Lipinski definition) is 2. The average molecular weight is 329 g/mol. The first-order chi connectivity index (χ1) is 10.8. The van der Waals surface area contributed by atoms with Crippen LogP contribution in [-0.4, -0.2) is 18.4 Å². The Morgan fingerprint density at radius 2 is 1.83 bits per heavy atom. The van der Waals surface area contributed by atoms with E-state index >= 15 is 0 Å². The van der Waals surface area contributed by atoms with Crippen LogP contribution in [0.15, 0.2) is 41.3 Å². The molecule has 0 fully saturated rings. The molecule has 1 heterocycles. The van der Waals surface area contributed by atoms with Crippen molar-refractivity contribution in [2.75, 3.05) is 0 Å². The van der Waals surface area contributed by atoms with Crippen LogP contribution in [0.25, 0.3) is 11.0 Å². The third-order valence-corrected chi connectivity index (χ3v) is 5.32. The Balaban J connectivity index is 1.80. The maximum atomic E-state index is 12.4. The van der Waals surface area contributed by atoms with Crippen LogP contribution < -0.4 is 4.72 Å². The standard InChI is InChI=1S/C17H19N3O2S/c1-11-4-6-15(8-12(11)2)23(21,22)18-10-14-5-7-16-17(9-14)20-13(3)19-16/h4-9,18H,10H2,1-3H3,(H,19,20). The van der Waals surface area contributed by atoms with Gasteiger partial charge < -0.3 is 4.98 Å². The molecule has 5 nitrogen and oxygen atoms in total. The molecule has 0 spiro atoms. The fraction of sp³-hybridized carbons (Fsp3) is 0.235. The highest BCUT2D eigenvalue weighted by atomic mass is 32.2. The third-order valence-electron chi connectivity index (χ3n) is 3.92. The molecule has 1 aromatic heterocycles. The molecule has 23 heavy (non-hydrogen) atoms. The van der Waals surface area contributed by atoms with E-state index in [2.05, 4.69) is 14.7 Å². The molecule has 0 atom stereocenters. The number of fused-ring (bicyclic) bond motifs is 1.